The SMILES string of the molecule is CCCCCCOc1ccc(C2(c3ccc(OCCCCCC)cc3)c3cc4c(cc3-c3sc(/C=C(\C#N)C(=O)O)cc32)C(c2ccc(OCCCCCC)cc2)(c2ccc(OCCCCCC)cc2)c2cc(N(c3ccc(OC)cc3)c3ccc(OC)cc3)sc2-4)cc1. The van der Waals surface area contributed by atoms with E-state index in [0.29, 0.717) is 31.3 Å². The van der Waals surface area contributed by atoms with Crippen molar-refractivity contribution in [2.24, 2.45) is 0 Å². The molecule has 2 aliphatic carbocycles. The van der Waals surface area contributed by atoms with Crippen LogP contribution in [0, 0.1) is 11.3 Å². The highest BCUT2D eigenvalue weighted by Crippen LogP contribution is 2.66. The number of thiophene rings is 2. The Hall–Kier alpha value is -8.76. The topological polar surface area (TPSA) is 120 Å². The third kappa shape index (κ3) is 13.9. The van der Waals surface area contributed by atoms with Gasteiger partial charge in [0.25, 0.3) is 0 Å². The van der Waals surface area contributed by atoms with E-state index < -0.39 is 16.8 Å². The van der Waals surface area contributed by atoms with Gasteiger partial charge in [0.1, 0.15) is 51.1 Å². The van der Waals surface area contributed by atoms with Crippen LogP contribution in [0.15, 0.2) is 175 Å². The van der Waals surface area contributed by atoms with Crippen LogP contribution in [0.5, 0.6) is 34.5 Å². The molecule has 0 aliphatic heterocycles. The Kier molecular flexibility index (Phi) is 22.3. The van der Waals surface area contributed by atoms with Crippen molar-refractivity contribution in [2.45, 2.75) is 141 Å². The van der Waals surface area contributed by atoms with Gasteiger partial charge in [0.2, 0.25) is 0 Å². The molecule has 10 nitrogen and oxygen atoms in total. The zero-order chi connectivity index (χ0) is 65.4. The summed E-state index contributed by atoms with van der Waals surface area (Å²) in [6, 6.07) is 62.7. The standard InChI is InChI=1S/C82H88N2O8S2/c1-7-11-15-19-47-89-66-35-23-58(24-36-66)81(59-25-37-67(38-26-59)90-48-20-16-12-8-2)73-54-72-74(53-71(73)78-75(81)52-70(93-78)51-57(56-83)80(85)86)82(60-27-39-68(40-28-60)91-49-21-17-13-9-3,61-29-41-69(42-30-61)92-50-22-18-14-10-4)76-55-77(94-79(72)76)84(62-31-43-64(87-5)44-32-62)63-33-45-65(88-6)46-34-63/h23-46,51-55H,7-22,47-50H2,1-6H3,(H,85,86)/b57-51+. The van der Waals surface area contributed by atoms with Crippen LogP contribution in [0.1, 0.15) is 180 Å². The van der Waals surface area contributed by atoms with Crippen LogP contribution in [0.3, 0.4) is 0 Å². The van der Waals surface area contributed by atoms with Gasteiger partial charge in [-0.15, -0.1) is 22.7 Å². The largest absolute Gasteiger partial charge is 0.497 e. The number of fused-ring (bicyclic) bond motifs is 6. The van der Waals surface area contributed by atoms with Crippen molar-refractivity contribution in [3.63, 3.8) is 0 Å². The number of anilines is 3. The van der Waals surface area contributed by atoms with Gasteiger partial charge in [-0.05, 0) is 209 Å². The average molecular weight is 1290 g/mol. The zero-order valence-corrected chi connectivity index (χ0v) is 57.0. The Balaban J connectivity index is 1.20. The monoisotopic (exact) mass is 1290 g/mol. The molecule has 0 radical (unpaired) electrons. The van der Waals surface area contributed by atoms with E-state index in [1.54, 1.807) is 25.6 Å². The molecule has 94 heavy (non-hydrogen) atoms. The lowest BCUT2D eigenvalue weighted by Crippen LogP contribution is -2.30. The van der Waals surface area contributed by atoms with E-state index in [1.807, 2.05) is 30.3 Å². The number of rotatable bonds is 35. The van der Waals surface area contributed by atoms with Crippen molar-refractivity contribution in [2.75, 3.05) is 45.5 Å². The zero-order valence-electron chi connectivity index (χ0n) is 55.4. The third-order valence-electron chi connectivity index (χ3n) is 18.5. The molecular weight excluding hydrogens is 1210 g/mol. The minimum Gasteiger partial charge on any atom is -0.497 e. The van der Waals surface area contributed by atoms with Crippen LogP contribution in [0.25, 0.3) is 27.0 Å². The van der Waals surface area contributed by atoms with Gasteiger partial charge in [0, 0.05) is 26.0 Å². The lowest BCUT2D eigenvalue weighted by molar-refractivity contribution is -0.132. The normalized spacial score (nSPS) is 13.1. The number of nitrogens with zero attached hydrogens (tertiary/aromatic N) is 2. The molecule has 1 N–H and O–H groups in total. The molecule has 2 aliphatic rings. The summed E-state index contributed by atoms with van der Waals surface area (Å²) in [5.74, 6) is 3.47. The highest BCUT2D eigenvalue weighted by molar-refractivity contribution is 7.20. The molecule has 0 amide bonds. The van der Waals surface area contributed by atoms with Gasteiger partial charge in [0.15, 0.2) is 0 Å². The molecule has 9 aromatic rings. The average Bonchev–Trinajstić information content (AvgIpc) is 1.50. The number of aliphatic carboxylic acids is 1. The smallest absolute Gasteiger partial charge is 0.346 e. The fourth-order valence-corrected chi connectivity index (χ4v) is 16.1. The maximum atomic E-state index is 12.7. The second-order valence-corrected chi connectivity index (χ2v) is 26.7. The van der Waals surface area contributed by atoms with Crippen LogP contribution in [0.4, 0.5) is 16.4 Å². The molecule has 0 bridgehead atoms. The number of hydrogen-bond donors (Lipinski definition) is 1. The van der Waals surface area contributed by atoms with E-state index in [0.717, 1.165) is 193 Å². The van der Waals surface area contributed by atoms with Gasteiger partial charge in [0.05, 0.1) is 51.5 Å². The third-order valence-corrected chi connectivity index (χ3v) is 20.7. The van der Waals surface area contributed by atoms with Crippen molar-refractivity contribution < 1.29 is 38.3 Å². The van der Waals surface area contributed by atoms with Gasteiger partial charge in [-0.1, -0.05) is 153 Å². The second kappa shape index (κ2) is 31.4. The summed E-state index contributed by atoms with van der Waals surface area (Å²) in [6.07, 6.45) is 19.2. The summed E-state index contributed by atoms with van der Waals surface area (Å²) >= 11 is 3.29. The Bertz CT molecular complexity index is 3870. The summed E-state index contributed by atoms with van der Waals surface area (Å²) in [5, 5.41) is 21.7. The Morgan fingerprint density at radius 2 is 0.766 bits per heavy atom. The number of carboxylic acids is 1. The summed E-state index contributed by atoms with van der Waals surface area (Å²) in [4.78, 5) is 17.8. The van der Waals surface area contributed by atoms with E-state index in [4.69, 9.17) is 28.4 Å². The molecule has 7 aromatic carbocycles. The van der Waals surface area contributed by atoms with Crippen molar-refractivity contribution >= 4 is 51.1 Å². The van der Waals surface area contributed by atoms with E-state index in [1.165, 1.54) is 43.1 Å². The molecule has 0 unspecified atom stereocenters. The van der Waals surface area contributed by atoms with Crippen molar-refractivity contribution in [1.29, 1.82) is 5.26 Å². The Morgan fingerprint density at radius 1 is 0.436 bits per heavy atom. The molecular formula is C82H88N2O8S2. The number of carboxylic acid groups (broad SMARTS) is 1. The molecule has 0 spiro atoms. The maximum absolute atomic E-state index is 12.7. The van der Waals surface area contributed by atoms with Crippen LogP contribution >= 0.6 is 22.7 Å². The summed E-state index contributed by atoms with van der Waals surface area (Å²) in [5.41, 5.74) is 10.3. The molecule has 11 rings (SSSR count). The van der Waals surface area contributed by atoms with E-state index in [2.05, 4.69) is 178 Å². The molecule has 0 saturated carbocycles. The second-order valence-electron chi connectivity index (χ2n) is 24.6. The summed E-state index contributed by atoms with van der Waals surface area (Å²) in [6.45, 7) is 11.4. The van der Waals surface area contributed by atoms with E-state index in [9.17, 15) is 15.2 Å². The van der Waals surface area contributed by atoms with Crippen LogP contribution < -0.4 is 33.3 Å². The van der Waals surface area contributed by atoms with Crippen LogP contribution in [-0.2, 0) is 15.6 Å². The number of nitriles is 1. The van der Waals surface area contributed by atoms with Crippen LogP contribution in [-0.4, -0.2) is 51.7 Å². The Morgan fingerprint density at radius 3 is 1.09 bits per heavy atom. The van der Waals surface area contributed by atoms with Gasteiger partial charge in [-0.2, -0.15) is 5.26 Å². The minimum absolute atomic E-state index is 0.333. The summed E-state index contributed by atoms with van der Waals surface area (Å²) < 4.78 is 37.4. The number of unbranched alkanes of at least 4 members (excludes halogenated alkanes) is 12. The van der Waals surface area contributed by atoms with Crippen molar-refractivity contribution in [3.8, 4) is 61.4 Å². The molecule has 2 aromatic heterocycles. The van der Waals surface area contributed by atoms with Gasteiger partial charge < -0.3 is 38.4 Å². The van der Waals surface area contributed by atoms with Crippen molar-refractivity contribution in [1.82, 2.24) is 0 Å². The Labute approximate surface area is 564 Å². The molecule has 12 heteroatoms. The number of hydrogen-bond acceptors (Lipinski definition) is 11. The first-order chi connectivity index (χ1) is 46.1. The number of ether oxygens (including phenoxy) is 6. The van der Waals surface area contributed by atoms with Crippen LogP contribution in [0.2, 0.25) is 0 Å². The van der Waals surface area contributed by atoms with Gasteiger partial charge >= 0.3 is 5.97 Å². The van der Waals surface area contributed by atoms with E-state index >= 15 is 0 Å². The van der Waals surface area contributed by atoms with Gasteiger partial charge in [-0.3, -0.25) is 0 Å². The minimum atomic E-state index is -1.27. The molecule has 0 fully saturated rings. The molecule has 0 saturated heterocycles. The highest BCUT2D eigenvalue weighted by Gasteiger charge is 2.53. The predicted octanol–water partition coefficient (Wildman–Crippen LogP) is 21.9. The van der Waals surface area contributed by atoms with E-state index in [-0.39, 0.29) is 5.57 Å². The fourth-order valence-electron chi connectivity index (χ4n) is 13.6. The first kappa shape index (κ1) is 66.7. The lowest BCUT2D eigenvalue weighted by atomic mass is 9.66. The molecule has 0 atom stereocenters. The highest BCUT2D eigenvalue weighted by atomic mass is 32.1. The number of carbonyl (C=O) groups is 1. The lowest BCUT2D eigenvalue weighted by Gasteiger charge is -2.36. The quantitative estimate of drug-likeness (QED) is 0.0234. The van der Waals surface area contributed by atoms with Crippen molar-refractivity contribution in [3.05, 3.63) is 225 Å². The summed E-state index contributed by atoms with van der Waals surface area (Å²) in [7, 11) is 3.39. The predicted molar refractivity (Wildman–Crippen MR) is 384 cm³/mol. The number of methoxy groups -OCH3 is 2. The fraction of sp³-hybridized carbons (Fsp3) is 0.341. The maximum Gasteiger partial charge on any atom is 0.346 e. The van der Waals surface area contributed by atoms with Gasteiger partial charge in [-0.25, -0.2) is 4.79 Å². The molecule has 2 heterocycles. The molecule has 486 valence electrons. The number of benzene rings is 7. The first-order valence-corrected chi connectivity index (χ1v) is 35.6. The first-order valence-electron chi connectivity index (χ1n) is 34.0.